The van der Waals surface area contributed by atoms with Gasteiger partial charge in [-0.2, -0.15) is 5.10 Å². The van der Waals surface area contributed by atoms with Crippen molar-refractivity contribution < 1.29 is 14.0 Å². The molecule has 0 radical (unpaired) electrons. The van der Waals surface area contributed by atoms with Gasteiger partial charge in [0.2, 0.25) is 0 Å². The Kier molecular flexibility index (Phi) is 8.20. The average molecular weight is 485 g/mol. The number of carbonyl (C=O) groups excluding carboxylic acids is 2. The topological polar surface area (TPSA) is 90.0 Å². The van der Waals surface area contributed by atoms with Crippen LogP contribution < -0.4 is 11.1 Å². The van der Waals surface area contributed by atoms with Gasteiger partial charge in [-0.1, -0.05) is 53.9 Å². The lowest BCUT2D eigenvalue weighted by atomic mass is 9.75. The van der Waals surface area contributed by atoms with Gasteiger partial charge in [-0.15, -0.1) is 0 Å². The van der Waals surface area contributed by atoms with Crippen LogP contribution in [-0.2, 0) is 6.42 Å². The molecular formula is C28H41FN4O2. The molecule has 0 unspecified atom stereocenters. The number of amides is 1. The van der Waals surface area contributed by atoms with E-state index < -0.39 is 11.7 Å². The monoisotopic (exact) mass is 484 g/mol. The first-order valence-corrected chi connectivity index (χ1v) is 12.7. The van der Waals surface area contributed by atoms with Crippen molar-refractivity contribution in [1.29, 1.82) is 0 Å². The second-order valence-corrected chi connectivity index (χ2v) is 12.1. The number of aryl methyl sites for hydroxylation is 1. The fourth-order valence-corrected chi connectivity index (χ4v) is 4.95. The van der Waals surface area contributed by atoms with Crippen LogP contribution in [0.25, 0.3) is 5.69 Å². The number of nitrogens with two attached hydrogens (primary N) is 1. The normalized spacial score (nSPS) is 18.0. The van der Waals surface area contributed by atoms with Gasteiger partial charge >= 0.3 is 0 Å². The summed E-state index contributed by atoms with van der Waals surface area (Å²) in [5.41, 5.74) is 7.77. The zero-order chi connectivity index (χ0) is 26.0. The Labute approximate surface area is 208 Å². The Morgan fingerprint density at radius 3 is 2.43 bits per heavy atom. The predicted molar refractivity (Wildman–Crippen MR) is 138 cm³/mol. The Morgan fingerprint density at radius 2 is 1.86 bits per heavy atom. The molecule has 3 N–H and O–H groups in total. The quantitative estimate of drug-likeness (QED) is 0.597. The van der Waals surface area contributed by atoms with E-state index in [1.165, 1.54) is 44.2 Å². The Bertz CT molecular complexity index is 1080. The lowest BCUT2D eigenvalue weighted by molar-refractivity contribution is 0.0909. The largest absolute Gasteiger partial charge is 0.366 e. The number of nitrogens with one attached hydrogen (secondary N) is 1. The van der Waals surface area contributed by atoms with Crippen molar-refractivity contribution >= 4 is 11.7 Å². The second kappa shape index (κ2) is 10.6. The molecule has 0 aliphatic heterocycles. The van der Waals surface area contributed by atoms with Crippen molar-refractivity contribution in [2.24, 2.45) is 16.6 Å². The fourth-order valence-electron chi connectivity index (χ4n) is 4.95. The summed E-state index contributed by atoms with van der Waals surface area (Å²) in [5.74, 6) is -1.45. The summed E-state index contributed by atoms with van der Waals surface area (Å²) >= 11 is 0. The minimum Gasteiger partial charge on any atom is -0.366 e. The summed E-state index contributed by atoms with van der Waals surface area (Å²) in [5, 5.41) is 8.07. The third-order valence-electron chi connectivity index (χ3n) is 6.71. The van der Waals surface area contributed by atoms with Gasteiger partial charge in [0.25, 0.3) is 5.91 Å². The van der Waals surface area contributed by atoms with Crippen LogP contribution in [-0.4, -0.2) is 34.1 Å². The van der Waals surface area contributed by atoms with Crippen LogP contribution in [0.1, 0.15) is 105 Å². The predicted octanol–water partition coefficient (Wildman–Crippen LogP) is 5.53. The number of ketones is 1. The van der Waals surface area contributed by atoms with E-state index in [9.17, 15) is 14.0 Å². The van der Waals surface area contributed by atoms with E-state index in [2.05, 4.69) is 31.2 Å². The molecular weight excluding hydrogens is 443 g/mol. The zero-order valence-corrected chi connectivity index (χ0v) is 22.1. The molecule has 2 aliphatic carbocycles. The van der Waals surface area contributed by atoms with Crippen molar-refractivity contribution in [2.45, 2.75) is 92.5 Å². The van der Waals surface area contributed by atoms with E-state index in [0.717, 1.165) is 18.3 Å². The first-order chi connectivity index (χ1) is 16.3. The maximum atomic E-state index is 14.0. The number of primary amides is 1. The molecule has 35 heavy (non-hydrogen) atoms. The van der Waals surface area contributed by atoms with Crippen molar-refractivity contribution in [1.82, 2.24) is 15.1 Å². The molecule has 1 amide bonds. The molecule has 7 heteroatoms. The van der Waals surface area contributed by atoms with Crippen molar-refractivity contribution in [3.05, 3.63) is 46.5 Å². The summed E-state index contributed by atoms with van der Waals surface area (Å²) in [4.78, 5) is 23.5. The minimum atomic E-state index is -0.816. The summed E-state index contributed by atoms with van der Waals surface area (Å²) < 4.78 is 15.6. The zero-order valence-electron chi connectivity index (χ0n) is 22.1. The van der Waals surface area contributed by atoms with Crippen LogP contribution in [0.2, 0.25) is 0 Å². The highest BCUT2D eigenvalue weighted by Gasteiger charge is 2.35. The van der Waals surface area contributed by atoms with Crippen LogP contribution in [0, 0.1) is 23.6 Å². The maximum Gasteiger partial charge on any atom is 0.251 e. The van der Waals surface area contributed by atoms with Gasteiger partial charge in [-0.3, -0.25) is 9.59 Å². The number of hydrogen-bond acceptors (Lipinski definition) is 4. The standard InChI is InChI=1S/C17H18FN3O2.C11H23N/c1-9-15-13(7-17(2,3)8-14(15)22)21(20-9)10-4-5-11(16(19)23)12(18)6-10;1-11(2,3)9-12-10-7-5-4-6-8-10/h4-6H,7-8H2,1-3H3,(H2,19,23);10,12H,4-9H2,1-3H3. The lowest BCUT2D eigenvalue weighted by Crippen LogP contribution is -2.36. The van der Waals surface area contributed by atoms with Gasteiger partial charge < -0.3 is 11.1 Å². The molecule has 2 aliphatic rings. The Balaban J connectivity index is 0.000000241. The highest BCUT2D eigenvalue weighted by atomic mass is 19.1. The third kappa shape index (κ3) is 7.00. The van der Waals surface area contributed by atoms with Crippen LogP contribution in [0.15, 0.2) is 18.2 Å². The van der Waals surface area contributed by atoms with Gasteiger partial charge in [-0.25, -0.2) is 9.07 Å². The summed E-state index contributed by atoms with van der Waals surface area (Å²) in [6.07, 6.45) is 8.26. The molecule has 1 aromatic heterocycles. The molecule has 0 atom stereocenters. The summed E-state index contributed by atoms with van der Waals surface area (Å²) in [7, 11) is 0. The highest BCUT2D eigenvalue weighted by molar-refractivity contribution is 6.00. The number of halogens is 1. The number of aromatic nitrogens is 2. The molecule has 4 rings (SSSR count). The van der Waals surface area contributed by atoms with Crippen LogP contribution in [0.5, 0.6) is 0 Å². The average Bonchev–Trinajstić information content (AvgIpc) is 3.08. The van der Waals surface area contributed by atoms with Crippen LogP contribution in [0.3, 0.4) is 0 Å². The first-order valence-electron chi connectivity index (χ1n) is 12.7. The van der Waals surface area contributed by atoms with Gasteiger partial charge in [0.05, 0.1) is 28.2 Å². The van der Waals surface area contributed by atoms with E-state index in [4.69, 9.17) is 5.73 Å². The van der Waals surface area contributed by atoms with Crippen LogP contribution in [0.4, 0.5) is 4.39 Å². The van der Waals surface area contributed by atoms with Gasteiger partial charge in [0, 0.05) is 25.1 Å². The molecule has 0 saturated heterocycles. The number of Topliss-reactive ketones (excluding diaryl/α,β-unsaturated/α-hetero) is 1. The van der Waals surface area contributed by atoms with Gasteiger partial charge in [-0.05, 0) is 49.1 Å². The molecule has 6 nitrogen and oxygen atoms in total. The Morgan fingerprint density at radius 1 is 1.20 bits per heavy atom. The van der Waals surface area contributed by atoms with E-state index in [-0.39, 0.29) is 16.8 Å². The number of hydrogen-bond donors (Lipinski definition) is 2. The number of nitrogens with zero attached hydrogens (tertiary/aromatic N) is 2. The minimum absolute atomic E-state index is 0.0641. The molecule has 1 fully saturated rings. The number of carbonyl (C=O) groups is 2. The third-order valence-corrected chi connectivity index (χ3v) is 6.71. The summed E-state index contributed by atoms with van der Waals surface area (Å²) in [6.45, 7) is 13.9. The lowest BCUT2D eigenvalue weighted by Gasteiger charge is -2.29. The summed E-state index contributed by atoms with van der Waals surface area (Å²) in [6, 6.07) is 4.96. The molecule has 192 valence electrons. The van der Waals surface area contributed by atoms with E-state index in [0.29, 0.717) is 35.2 Å². The fraction of sp³-hybridized carbons (Fsp3) is 0.607. The van der Waals surface area contributed by atoms with E-state index in [1.807, 2.05) is 13.8 Å². The molecule has 0 bridgehead atoms. The van der Waals surface area contributed by atoms with E-state index in [1.54, 1.807) is 17.7 Å². The Hall–Kier alpha value is -2.54. The number of rotatable bonds is 4. The molecule has 1 saturated carbocycles. The molecule has 0 spiro atoms. The second-order valence-electron chi connectivity index (χ2n) is 12.1. The number of fused-ring (bicyclic) bond motifs is 1. The van der Waals surface area contributed by atoms with Crippen molar-refractivity contribution in [2.75, 3.05) is 6.54 Å². The SMILES string of the molecule is CC(C)(C)CNC1CCCCC1.Cc1nn(-c2ccc(C(N)=O)c(F)c2)c2c1C(=O)CC(C)(C)C2. The maximum absolute atomic E-state index is 14.0. The van der Waals surface area contributed by atoms with Gasteiger partial charge in [0.1, 0.15) is 5.82 Å². The van der Waals surface area contributed by atoms with E-state index >= 15 is 0 Å². The number of benzene rings is 1. The van der Waals surface area contributed by atoms with Crippen LogP contribution >= 0.6 is 0 Å². The van der Waals surface area contributed by atoms with Crippen molar-refractivity contribution in [3.63, 3.8) is 0 Å². The first kappa shape index (κ1) is 27.1. The van der Waals surface area contributed by atoms with Gasteiger partial charge in [0.15, 0.2) is 5.78 Å². The molecule has 1 aromatic carbocycles. The molecule has 2 aromatic rings. The smallest absolute Gasteiger partial charge is 0.251 e. The highest BCUT2D eigenvalue weighted by Crippen LogP contribution is 2.37. The van der Waals surface area contributed by atoms with Crippen molar-refractivity contribution in [3.8, 4) is 5.69 Å². The molecule has 1 heterocycles.